The SMILES string of the molecule is O=C(CN1C(=O)S/C(=C/C=C/c2ccccc2)C1=O)NC1CCS(=O)(=O)C1. The number of nitrogens with one attached hydrogen (secondary N) is 1. The average Bonchev–Trinajstić information content (AvgIpc) is 3.09. The standard InChI is InChI=1S/C18H18N2O5S2/c21-16(19-14-9-10-27(24,25)12-14)11-20-17(22)15(26-18(20)23)8-4-7-13-5-2-1-3-6-13/h1-8,14H,9-12H2,(H,19,21)/b7-4+,15-8+. The highest BCUT2D eigenvalue weighted by molar-refractivity contribution is 8.18. The van der Waals surface area contributed by atoms with Crippen LogP contribution in [0.1, 0.15) is 12.0 Å². The van der Waals surface area contributed by atoms with Gasteiger partial charge in [-0.3, -0.25) is 19.3 Å². The second kappa shape index (κ2) is 8.10. The van der Waals surface area contributed by atoms with Gasteiger partial charge in [0.25, 0.3) is 11.1 Å². The fraction of sp³-hybridized carbons (Fsp3) is 0.278. The lowest BCUT2D eigenvalue weighted by atomic mass is 10.2. The zero-order valence-corrected chi connectivity index (χ0v) is 16.0. The van der Waals surface area contributed by atoms with Crippen LogP contribution in [0.25, 0.3) is 6.08 Å². The molecule has 1 aromatic carbocycles. The molecule has 9 heteroatoms. The molecule has 7 nitrogen and oxygen atoms in total. The molecule has 2 aliphatic rings. The van der Waals surface area contributed by atoms with E-state index in [9.17, 15) is 22.8 Å². The predicted octanol–water partition coefficient (Wildman–Crippen LogP) is 1.58. The van der Waals surface area contributed by atoms with Crippen molar-refractivity contribution in [3.8, 4) is 0 Å². The van der Waals surface area contributed by atoms with E-state index in [1.165, 1.54) is 0 Å². The Balaban J connectivity index is 1.58. The van der Waals surface area contributed by atoms with Gasteiger partial charge in [-0.1, -0.05) is 42.5 Å². The van der Waals surface area contributed by atoms with Gasteiger partial charge in [0.1, 0.15) is 6.54 Å². The van der Waals surface area contributed by atoms with Gasteiger partial charge < -0.3 is 5.32 Å². The highest BCUT2D eigenvalue weighted by atomic mass is 32.2. The van der Waals surface area contributed by atoms with Crippen molar-refractivity contribution in [1.82, 2.24) is 10.2 Å². The first-order valence-corrected chi connectivity index (χ1v) is 10.9. The van der Waals surface area contributed by atoms with Crippen LogP contribution in [-0.2, 0) is 19.4 Å². The quantitative estimate of drug-likeness (QED) is 0.745. The van der Waals surface area contributed by atoms with Crippen molar-refractivity contribution in [3.63, 3.8) is 0 Å². The van der Waals surface area contributed by atoms with E-state index >= 15 is 0 Å². The first kappa shape index (κ1) is 19.4. The van der Waals surface area contributed by atoms with Gasteiger partial charge in [-0.2, -0.15) is 0 Å². The molecule has 142 valence electrons. The van der Waals surface area contributed by atoms with E-state index in [-0.39, 0.29) is 16.4 Å². The second-order valence-corrected chi connectivity index (χ2v) is 9.45. The lowest BCUT2D eigenvalue weighted by Gasteiger charge is -2.15. The van der Waals surface area contributed by atoms with Crippen molar-refractivity contribution >= 4 is 44.7 Å². The monoisotopic (exact) mass is 406 g/mol. The molecule has 0 radical (unpaired) electrons. The summed E-state index contributed by atoms with van der Waals surface area (Å²) in [5.74, 6) is -1.14. The summed E-state index contributed by atoms with van der Waals surface area (Å²) in [5, 5.41) is 2.06. The maximum absolute atomic E-state index is 12.3. The summed E-state index contributed by atoms with van der Waals surface area (Å²) >= 11 is 0.773. The predicted molar refractivity (Wildman–Crippen MR) is 103 cm³/mol. The third-order valence-corrected chi connectivity index (χ3v) is 6.80. The molecular weight excluding hydrogens is 388 g/mol. The van der Waals surface area contributed by atoms with Crippen LogP contribution in [-0.4, -0.2) is 54.5 Å². The van der Waals surface area contributed by atoms with E-state index in [2.05, 4.69) is 5.32 Å². The molecule has 1 N–H and O–H groups in total. The molecule has 0 aliphatic carbocycles. The minimum Gasteiger partial charge on any atom is -0.351 e. The lowest BCUT2D eigenvalue weighted by molar-refractivity contribution is -0.129. The molecule has 0 bridgehead atoms. The van der Waals surface area contributed by atoms with Gasteiger partial charge in [-0.25, -0.2) is 8.42 Å². The molecule has 27 heavy (non-hydrogen) atoms. The number of imide groups is 1. The number of benzene rings is 1. The molecule has 2 saturated heterocycles. The Morgan fingerprint density at radius 1 is 1.26 bits per heavy atom. The second-order valence-electron chi connectivity index (χ2n) is 6.23. The number of carbonyl (C=O) groups is 3. The number of amides is 3. The molecule has 2 fully saturated rings. The number of thioether (sulfide) groups is 1. The third kappa shape index (κ3) is 5.08. The summed E-state index contributed by atoms with van der Waals surface area (Å²) in [5.41, 5.74) is 0.957. The number of sulfone groups is 1. The summed E-state index contributed by atoms with van der Waals surface area (Å²) in [4.78, 5) is 37.5. The summed E-state index contributed by atoms with van der Waals surface area (Å²) in [6, 6.07) is 9.03. The van der Waals surface area contributed by atoms with Crippen molar-refractivity contribution in [2.45, 2.75) is 12.5 Å². The van der Waals surface area contributed by atoms with Crippen LogP contribution in [0.2, 0.25) is 0 Å². The topological polar surface area (TPSA) is 101 Å². The highest BCUT2D eigenvalue weighted by Crippen LogP contribution is 2.30. The fourth-order valence-electron chi connectivity index (χ4n) is 2.79. The van der Waals surface area contributed by atoms with Crippen molar-refractivity contribution in [3.05, 3.63) is 53.0 Å². The zero-order chi connectivity index (χ0) is 19.4. The molecule has 2 heterocycles. The summed E-state index contributed by atoms with van der Waals surface area (Å²) in [7, 11) is -3.11. The fourth-order valence-corrected chi connectivity index (χ4v) is 5.25. The van der Waals surface area contributed by atoms with Crippen LogP contribution in [0.4, 0.5) is 4.79 Å². The maximum atomic E-state index is 12.3. The molecule has 1 unspecified atom stereocenters. The van der Waals surface area contributed by atoms with Crippen LogP contribution < -0.4 is 5.32 Å². The molecular formula is C18H18N2O5S2. The number of allylic oxidation sites excluding steroid dienone is 2. The largest absolute Gasteiger partial charge is 0.351 e. The highest BCUT2D eigenvalue weighted by Gasteiger charge is 2.37. The molecule has 2 aliphatic heterocycles. The van der Waals surface area contributed by atoms with E-state index in [0.29, 0.717) is 6.42 Å². The number of carbonyl (C=O) groups excluding carboxylic acids is 3. The zero-order valence-electron chi connectivity index (χ0n) is 14.3. The molecule has 3 amide bonds. The molecule has 1 atom stereocenters. The first-order valence-electron chi connectivity index (χ1n) is 8.31. The van der Waals surface area contributed by atoms with E-state index in [1.54, 1.807) is 18.2 Å². The first-order chi connectivity index (χ1) is 12.8. The van der Waals surface area contributed by atoms with E-state index in [4.69, 9.17) is 0 Å². The molecule has 0 aromatic heterocycles. The number of nitrogens with zero attached hydrogens (tertiary/aromatic N) is 1. The minimum atomic E-state index is -3.11. The van der Waals surface area contributed by atoms with Crippen LogP contribution in [0.15, 0.2) is 47.4 Å². The van der Waals surface area contributed by atoms with Crippen LogP contribution >= 0.6 is 11.8 Å². The number of hydrogen-bond donors (Lipinski definition) is 1. The van der Waals surface area contributed by atoms with E-state index in [1.807, 2.05) is 30.3 Å². The Morgan fingerprint density at radius 2 is 2.00 bits per heavy atom. The average molecular weight is 406 g/mol. The van der Waals surface area contributed by atoms with Gasteiger partial charge in [0.15, 0.2) is 9.84 Å². The molecule has 3 rings (SSSR count). The summed E-state index contributed by atoms with van der Waals surface area (Å²) < 4.78 is 22.9. The number of hydrogen-bond acceptors (Lipinski definition) is 6. The van der Waals surface area contributed by atoms with Crippen molar-refractivity contribution in [2.75, 3.05) is 18.1 Å². The van der Waals surface area contributed by atoms with E-state index in [0.717, 1.165) is 22.2 Å². The van der Waals surface area contributed by atoms with Crippen LogP contribution in [0.3, 0.4) is 0 Å². The normalized spacial score (nSPS) is 23.5. The van der Waals surface area contributed by atoms with Gasteiger partial charge in [0, 0.05) is 6.04 Å². The summed E-state index contributed by atoms with van der Waals surface area (Å²) in [6.45, 7) is -0.416. The Hall–Kier alpha value is -2.39. The van der Waals surface area contributed by atoms with Crippen molar-refractivity contribution < 1.29 is 22.8 Å². The summed E-state index contributed by atoms with van der Waals surface area (Å²) in [6.07, 6.45) is 5.37. The minimum absolute atomic E-state index is 0.0377. The molecule has 0 spiro atoms. The van der Waals surface area contributed by atoms with Crippen molar-refractivity contribution in [2.24, 2.45) is 0 Å². The number of rotatable bonds is 5. The van der Waals surface area contributed by atoms with Gasteiger partial charge in [0.05, 0.1) is 16.4 Å². The lowest BCUT2D eigenvalue weighted by Crippen LogP contribution is -2.43. The van der Waals surface area contributed by atoms with Gasteiger partial charge in [-0.05, 0) is 29.8 Å². The molecule has 1 aromatic rings. The van der Waals surface area contributed by atoms with Gasteiger partial charge in [0.2, 0.25) is 5.91 Å². The Bertz CT molecular complexity index is 922. The smallest absolute Gasteiger partial charge is 0.294 e. The van der Waals surface area contributed by atoms with Crippen LogP contribution in [0.5, 0.6) is 0 Å². The Kier molecular flexibility index (Phi) is 5.81. The van der Waals surface area contributed by atoms with E-state index < -0.39 is 39.5 Å². The van der Waals surface area contributed by atoms with Crippen LogP contribution in [0, 0.1) is 0 Å². The Morgan fingerprint density at radius 3 is 2.67 bits per heavy atom. The van der Waals surface area contributed by atoms with Crippen molar-refractivity contribution in [1.29, 1.82) is 0 Å². The van der Waals surface area contributed by atoms with Gasteiger partial charge >= 0.3 is 0 Å². The third-order valence-electron chi connectivity index (χ3n) is 4.11. The van der Waals surface area contributed by atoms with Gasteiger partial charge in [-0.15, -0.1) is 0 Å². The molecule has 0 saturated carbocycles. The Labute approximate surface area is 161 Å². The maximum Gasteiger partial charge on any atom is 0.294 e.